The Hall–Kier alpha value is -3.26. The summed E-state index contributed by atoms with van der Waals surface area (Å²) in [5, 5.41) is 3.41. The van der Waals surface area contributed by atoms with Crippen LogP contribution in [0.4, 0.5) is 5.69 Å². The summed E-state index contributed by atoms with van der Waals surface area (Å²) in [5.41, 5.74) is 2.90. The first-order valence-corrected chi connectivity index (χ1v) is 11.9. The van der Waals surface area contributed by atoms with Crippen LogP contribution >= 0.6 is 11.8 Å². The molecule has 2 aromatic carbocycles. The van der Waals surface area contributed by atoms with Crippen LogP contribution in [0.15, 0.2) is 53.2 Å². The first-order valence-electron chi connectivity index (χ1n) is 10.9. The topological polar surface area (TPSA) is 80.2 Å². The minimum Gasteiger partial charge on any atom is -0.454 e. The van der Waals surface area contributed by atoms with Crippen LogP contribution in [0.1, 0.15) is 31.4 Å². The van der Waals surface area contributed by atoms with Crippen molar-refractivity contribution >= 4 is 40.5 Å². The van der Waals surface area contributed by atoms with Crippen LogP contribution in [0.2, 0.25) is 0 Å². The molecule has 0 unspecified atom stereocenters. The second-order valence-corrected chi connectivity index (χ2v) is 9.28. The Bertz CT molecular complexity index is 1110. The third kappa shape index (κ3) is 5.57. The molecule has 2 aromatic rings. The number of amidine groups is 1. The Balaban J connectivity index is 1.55. The molecule has 0 fully saturated rings. The van der Waals surface area contributed by atoms with Crippen molar-refractivity contribution in [3.05, 3.63) is 59.3 Å². The molecule has 0 bridgehead atoms. The number of amides is 2. The van der Waals surface area contributed by atoms with Crippen molar-refractivity contribution in [3.8, 4) is 11.5 Å². The molecule has 0 radical (unpaired) electrons. The predicted octanol–water partition coefficient (Wildman–Crippen LogP) is 4.36. The molecule has 2 aliphatic heterocycles. The van der Waals surface area contributed by atoms with Crippen molar-refractivity contribution in [2.24, 2.45) is 10.9 Å². The lowest BCUT2D eigenvalue weighted by Crippen LogP contribution is -2.32. The number of aryl methyl sites for hydroxylation is 1. The molecule has 7 nitrogen and oxygen atoms in total. The number of hydrogen-bond donors (Lipinski definition) is 1. The molecule has 0 atom stereocenters. The van der Waals surface area contributed by atoms with Gasteiger partial charge in [-0.3, -0.25) is 14.5 Å². The van der Waals surface area contributed by atoms with Crippen molar-refractivity contribution in [1.29, 1.82) is 0 Å². The smallest absolute Gasteiger partial charge is 0.283 e. The number of nitrogens with zero attached hydrogens (tertiary/aromatic N) is 2. The largest absolute Gasteiger partial charge is 0.454 e. The summed E-state index contributed by atoms with van der Waals surface area (Å²) in [6, 6.07) is 13.2. The van der Waals surface area contributed by atoms with Crippen molar-refractivity contribution in [2.75, 3.05) is 24.0 Å². The van der Waals surface area contributed by atoms with E-state index in [-0.39, 0.29) is 24.4 Å². The maximum Gasteiger partial charge on any atom is 0.283 e. The molecule has 0 spiro atoms. The summed E-state index contributed by atoms with van der Waals surface area (Å²) in [5.74, 6) is 1.72. The number of anilines is 1. The summed E-state index contributed by atoms with van der Waals surface area (Å²) in [4.78, 5) is 31.7. The predicted molar refractivity (Wildman–Crippen MR) is 132 cm³/mol. The maximum absolute atomic E-state index is 13.3. The van der Waals surface area contributed by atoms with E-state index in [1.807, 2.05) is 49.4 Å². The van der Waals surface area contributed by atoms with Gasteiger partial charge in [-0.2, -0.15) is 0 Å². The molecule has 0 saturated heterocycles. The fraction of sp³-hybridized carbons (Fsp3) is 0.320. The molecule has 2 heterocycles. The SMILES string of the molecule is Cc1ccc(N2C(=O)/C(=C/c3ccc4c(c3)OCO4)N=C2SCC(=O)NCCC(C)C)cc1. The zero-order valence-corrected chi connectivity index (χ0v) is 19.8. The van der Waals surface area contributed by atoms with Gasteiger partial charge < -0.3 is 14.8 Å². The lowest BCUT2D eigenvalue weighted by molar-refractivity contribution is -0.118. The summed E-state index contributed by atoms with van der Waals surface area (Å²) < 4.78 is 10.8. The summed E-state index contributed by atoms with van der Waals surface area (Å²) >= 11 is 1.25. The highest BCUT2D eigenvalue weighted by Gasteiger charge is 2.32. The van der Waals surface area contributed by atoms with Gasteiger partial charge in [0, 0.05) is 6.54 Å². The van der Waals surface area contributed by atoms with E-state index >= 15 is 0 Å². The van der Waals surface area contributed by atoms with Crippen LogP contribution in [0.3, 0.4) is 0 Å². The fourth-order valence-electron chi connectivity index (χ4n) is 3.36. The second-order valence-electron chi connectivity index (χ2n) is 8.33. The first-order chi connectivity index (χ1) is 15.9. The van der Waals surface area contributed by atoms with Gasteiger partial charge in [-0.15, -0.1) is 0 Å². The van der Waals surface area contributed by atoms with E-state index in [2.05, 4.69) is 24.2 Å². The van der Waals surface area contributed by atoms with Gasteiger partial charge >= 0.3 is 0 Å². The normalized spacial score (nSPS) is 16.0. The number of carbonyl (C=O) groups excluding carboxylic acids is 2. The van der Waals surface area contributed by atoms with Gasteiger partial charge in [-0.05, 0) is 55.2 Å². The number of fused-ring (bicyclic) bond motifs is 1. The summed E-state index contributed by atoms with van der Waals surface area (Å²) in [6.07, 6.45) is 2.65. The number of ether oxygens (including phenoxy) is 2. The van der Waals surface area contributed by atoms with Crippen molar-refractivity contribution < 1.29 is 19.1 Å². The van der Waals surface area contributed by atoms with E-state index in [0.717, 1.165) is 17.5 Å². The fourth-order valence-corrected chi connectivity index (χ4v) is 4.20. The molecule has 0 saturated carbocycles. The minimum absolute atomic E-state index is 0.0761. The Kier molecular flexibility index (Phi) is 7.03. The van der Waals surface area contributed by atoms with Crippen molar-refractivity contribution in [2.45, 2.75) is 27.2 Å². The van der Waals surface area contributed by atoms with Crippen LogP contribution in [0.25, 0.3) is 6.08 Å². The van der Waals surface area contributed by atoms with Gasteiger partial charge in [0.15, 0.2) is 16.7 Å². The van der Waals surface area contributed by atoms with Gasteiger partial charge in [0.2, 0.25) is 12.7 Å². The standard InChI is InChI=1S/C25H27N3O4S/c1-16(2)10-11-26-23(29)14-33-25-27-20(12-18-6-9-21-22(13-18)32-15-31-21)24(30)28(25)19-7-4-17(3)5-8-19/h4-9,12-13,16H,10-11,14-15H2,1-3H3,(H,26,29)/b20-12-. The van der Waals surface area contributed by atoms with Gasteiger partial charge in [-0.25, -0.2) is 4.99 Å². The third-order valence-electron chi connectivity index (χ3n) is 5.20. The number of benzene rings is 2. The van der Waals surface area contributed by atoms with Crippen LogP contribution in [-0.4, -0.2) is 36.1 Å². The van der Waals surface area contributed by atoms with E-state index in [1.165, 1.54) is 11.8 Å². The second kappa shape index (κ2) is 10.1. The van der Waals surface area contributed by atoms with E-state index in [4.69, 9.17) is 9.47 Å². The summed E-state index contributed by atoms with van der Waals surface area (Å²) in [7, 11) is 0. The number of nitrogens with one attached hydrogen (secondary N) is 1. The zero-order chi connectivity index (χ0) is 23.4. The van der Waals surface area contributed by atoms with Crippen LogP contribution in [0, 0.1) is 12.8 Å². The monoisotopic (exact) mass is 465 g/mol. The molecule has 0 aromatic heterocycles. The molecule has 8 heteroatoms. The van der Waals surface area contributed by atoms with Crippen LogP contribution < -0.4 is 19.7 Å². The molecule has 1 N–H and O–H groups in total. The van der Waals surface area contributed by atoms with Gasteiger partial charge in [-0.1, -0.05) is 49.4 Å². The molecular formula is C25H27N3O4S. The Morgan fingerprint density at radius 3 is 2.70 bits per heavy atom. The van der Waals surface area contributed by atoms with E-state index in [9.17, 15) is 9.59 Å². The highest BCUT2D eigenvalue weighted by atomic mass is 32.2. The van der Waals surface area contributed by atoms with Crippen LogP contribution in [0.5, 0.6) is 11.5 Å². The number of thioether (sulfide) groups is 1. The van der Waals surface area contributed by atoms with Gasteiger partial charge in [0.25, 0.3) is 5.91 Å². The van der Waals surface area contributed by atoms with Crippen molar-refractivity contribution in [1.82, 2.24) is 5.32 Å². The van der Waals surface area contributed by atoms with E-state index in [1.54, 1.807) is 11.0 Å². The molecule has 172 valence electrons. The number of rotatable bonds is 7. The number of hydrogen-bond acceptors (Lipinski definition) is 6. The highest BCUT2D eigenvalue weighted by molar-refractivity contribution is 8.14. The molecule has 33 heavy (non-hydrogen) atoms. The molecule has 4 rings (SSSR count). The number of carbonyl (C=O) groups is 2. The van der Waals surface area contributed by atoms with E-state index in [0.29, 0.717) is 40.5 Å². The molecule has 2 aliphatic rings. The van der Waals surface area contributed by atoms with Crippen LogP contribution in [-0.2, 0) is 9.59 Å². The molecule has 0 aliphatic carbocycles. The molecule has 2 amide bonds. The highest BCUT2D eigenvalue weighted by Crippen LogP contribution is 2.34. The van der Waals surface area contributed by atoms with Gasteiger partial charge in [0.05, 0.1) is 11.4 Å². The first kappa shape index (κ1) is 22.9. The Morgan fingerprint density at radius 1 is 1.18 bits per heavy atom. The zero-order valence-electron chi connectivity index (χ0n) is 19.0. The average Bonchev–Trinajstić information content (AvgIpc) is 3.37. The quantitative estimate of drug-likeness (QED) is 0.615. The third-order valence-corrected chi connectivity index (χ3v) is 6.14. The van der Waals surface area contributed by atoms with E-state index < -0.39 is 0 Å². The lowest BCUT2D eigenvalue weighted by atomic mass is 10.1. The Labute approximate surface area is 197 Å². The molecular weight excluding hydrogens is 438 g/mol. The van der Waals surface area contributed by atoms with Crippen molar-refractivity contribution in [3.63, 3.8) is 0 Å². The lowest BCUT2D eigenvalue weighted by Gasteiger charge is -2.18. The maximum atomic E-state index is 13.3. The van der Waals surface area contributed by atoms with Gasteiger partial charge in [0.1, 0.15) is 5.70 Å². The average molecular weight is 466 g/mol. The summed E-state index contributed by atoms with van der Waals surface area (Å²) in [6.45, 7) is 7.05. The Morgan fingerprint density at radius 2 is 1.94 bits per heavy atom. The number of aliphatic imine (C=N–C) groups is 1. The minimum atomic E-state index is -0.237.